The summed E-state index contributed by atoms with van der Waals surface area (Å²) in [5.74, 6) is 1.59. The van der Waals surface area contributed by atoms with Crippen molar-refractivity contribution >= 4 is 12.4 Å². The van der Waals surface area contributed by atoms with Gasteiger partial charge in [-0.1, -0.05) is 18.5 Å². The normalized spacial score (nSPS) is 20.2. The molecule has 1 aromatic heterocycles. The molecule has 19 heavy (non-hydrogen) atoms. The van der Waals surface area contributed by atoms with Crippen molar-refractivity contribution in [3.8, 4) is 0 Å². The van der Waals surface area contributed by atoms with E-state index in [1.165, 1.54) is 19.3 Å². The highest BCUT2D eigenvalue weighted by atomic mass is 35.5. The molecule has 1 saturated heterocycles. The van der Waals surface area contributed by atoms with Crippen LogP contribution in [0.15, 0.2) is 4.52 Å². The summed E-state index contributed by atoms with van der Waals surface area (Å²) in [7, 11) is 0. The molecule has 0 amide bonds. The van der Waals surface area contributed by atoms with E-state index >= 15 is 0 Å². The molecule has 2 rings (SSSR count). The minimum atomic E-state index is 0. The zero-order valence-electron chi connectivity index (χ0n) is 11.7. The van der Waals surface area contributed by atoms with E-state index in [0.717, 1.165) is 50.6 Å². The maximum Gasteiger partial charge on any atom is 0.240 e. The molecule has 2 N–H and O–H groups in total. The van der Waals surface area contributed by atoms with E-state index in [-0.39, 0.29) is 12.4 Å². The van der Waals surface area contributed by atoms with Crippen LogP contribution < -0.4 is 5.73 Å². The first-order valence-corrected chi connectivity index (χ1v) is 7.09. The molecule has 0 aromatic carbocycles. The maximum atomic E-state index is 5.68. The number of aromatic nitrogens is 2. The van der Waals surface area contributed by atoms with Gasteiger partial charge in [0.05, 0.1) is 6.54 Å². The van der Waals surface area contributed by atoms with Crippen molar-refractivity contribution in [3.05, 3.63) is 11.7 Å². The fourth-order valence-electron chi connectivity index (χ4n) is 2.64. The van der Waals surface area contributed by atoms with Crippen LogP contribution in [0.25, 0.3) is 0 Å². The molecule has 0 radical (unpaired) electrons. The van der Waals surface area contributed by atoms with Gasteiger partial charge in [0.1, 0.15) is 0 Å². The standard InChI is InChI=1S/C13H24N4O.ClH/c1-2-5-12-15-13(18-16-12)10-17-9-4-3-6-11(17)7-8-14;/h11H,2-10,14H2,1H3;1H. The van der Waals surface area contributed by atoms with Crippen LogP contribution in [0.4, 0.5) is 0 Å². The number of aryl methyl sites for hydroxylation is 1. The van der Waals surface area contributed by atoms with Gasteiger partial charge in [-0.25, -0.2) is 0 Å². The number of piperidine rings is 1. The molecule has 1 aliphatic rings. The van der Waals surface area contributed by atoms with Crippen molar-refractivity contribution in [1.29, 1.82) is 0 Å². The molecule has 0 spiro atoms. The highest BCUT2D eigenvalue weighted by Crippen LogP contribution is 2.21. The summed E-state index contributed by atoms with van der Waals surface area (Å²) in [5, 5.41) is 4.00. The number of likely N-dealkylation sites (tertiary alicyclic amines) is 1. The molecule has 110 valence electrons. The number of halogens is 1. The van der Waals surface area contributed by atoms with Gasteiger partial charge < -0.3 is 10.3 Å². The van der Waals surface area contributed by atoms with E-state index < -0.39 is 0 Å². The van der Waals surface area contributed by atoms with Crippen molar-refractivity contribution in [1.82, 2.24) is 15.0 Å². The van der Waals surface area contributed by atoms with Gasteiger partial charge in [-0.05, 0) is 38.8 Å². The van der Waals surface area contributed by atoms with Crippen molar-refractivity contribution in [2.24, 2.45) is 5.73 Å². The van der Waals surface area contributed by atoms with E-state index in [2.05, 4.69) is 22.0 Å². The first-order chi connectivity index (χ1) is 8.83. The van der Waals surface area contributed by atoms with Gasteiger partial charge in [-0.2, -0.15) is 4.98 Å². The van der Waals surface area contributed by atoms with Gasteiger partial charge >= 0.3 is 0 Å². The number of nitrogens with zero attached hydrogens (tertiary/aromatic N) is 3. The third-order valence-electron chi connectivity index (χ3n) is 3.57. The van der Waals surface area contributed by atoms with E-state index in [1.54, 1.807) is 0 Å². The Labute approximate surface area is 121 Å². The molecule has 0 bridgehead atoms. The monoisotopic (exact) mass is 288 g/mol. The molecule has 1 fully saturated rings. The molecule has 1 atom stereocenters. The Morgan fingerprint density at radius 2 is 2.26 bits per heavy atom. The summed E-state index contributed by atoms with van der Waals surface area (Å²) >= 11 is 0. The fraction of sp³-hybridized carbons (Fsp3) is 0.846. The van der Waals surface area contributed by atoms with Crippen LogP contribution in [-0.4, -0.2) is 34.2 Å². The summed E-state index contributed by atoms with van der Waals surface area (Å²) in [6.07, 6.45) is 6.83. The van der Waals surface area contributed by atoms with Crippen molar-refractivity contribution in [3.63, 3.8) is 0 Å². The Kier molecular flexibility index (Phi) is 7.34. The van der Waals surface area contributed by atoms with Gasteiger partial charge in [0.15, 0.2) is 5.82 Å². The average molecular weight is 289 g/mol. The molecule has 1 aromatic rings. The minimum absolute atomic E-state index is 0. The SMILES string of the molecule is CCCc1noc(CN2CCCCC2CCN)n1.Cl. The minimum Gasteiger partial charge on any atom is -0.338 e. The highest BCUT2D eigenvalue weighted by molar-refractivity contribution is 5.85. The Hall–Kier alpha value is -0.650. The predicted octanol–water partition coefficient (Wildman–Crippen LogP) is 2.15. The summed E-state index contributed by atoms with van der Waals surface area (Å²) in [6, 6.07) is 0.588. The smallest absolute Gasteiger partial charge is 0.240 e. The Bertz CT molecular complexity index is 356. The van der Waals surface area contributed by atoms with Gasteiger partial charge in [0.2, 0.25) is 5.89 Å². The van der Waals surface area contributed by atoms with Gasteiger partial charge in [-0.15, -0.1) is 12.4 Å². The molecule has 1 aliphatic heterocycles. The number of hydrogen-bond donors (Lipinski definition) is 1. The molecule has 6 heteroatoms. The number of nitrogens with two attached hydrogens (primary N) is 1. The van der Waals surface area contributed by atoms with E-state index in [4.69, 9.17) is 10.3 Å². The van der Waals surface area contributed by atoms with E-state index in [0.29, 0.717) is 6.04 Å². The topological polar surface area (TPSA) is 68.2 Å². The predicted molar refractivity (Wildman–Crippen MR) is 77.3 cm³/mol. The van der Waals surface area contributed by atoms with E-state index in [1.807, 2.05) is 0 Å². The molecular formula is C13H25ClN4O. The Morgan fingerprint density at radius 1 is 1.42 bits per heavy atom. The first-order valence-electron chi connectivity index (χ1n) is 7.09. The van der Waals surface area contributed by atoms with Crippen LogP contribution in [0.5, 0.6) is 0 Å². The van der Waals surface area contributed by atoms with Gasteiger partial charge in [0.25, 0.3) is 0 Å². The summed E-state index contributed by atoms with van der Waals surface area (Å²) in [5.41, 5.74) is 5.68. The zero-order valence-corrected chi connectivity index (χ0v) is 12.5. The fourth-order valence-corrected chi connectivity index (χ4v) is 2.64. The van der Waals surface area contributed by atoms with Crippen LogP contribution in [0.2, 0.25) is 0 Å². The Morgan fingerprint density at radius 3 is 3.00 bits per heavy atom. The van der Waals surface area contributed by atoms with E-state index in [9.17, 15) is 0 Å². The Balaban J connectivity index is 0.00000180. The van der Waals surface area contributed by atoms with Crippen molar-refractivity contribution in [2.75, 3.05) is 13.1 Å². The molecule has 0 saturated carbocycles. The second kappa shape index (κ2) is 8.51. The molecule has 2 heterocycles. The van der Waals surface area contributed by atoms with Crippen LogP contribution >= 0.6 is 12.4 Å². The zero-order chi connectivity index (χ0) is 12.8. The highest BCUT2D eigenvalue weighted by Gasteiger charge is 2.23. The van der Waals surface area contributed by atoms with Crippen LogP contribution in [-0.2, 0) is 13.0 Å². The third-order valence-corrected chi connectivity index (χ3v) is 3.57. The molecular weight excluding hydrogens is 264 g/mol. The van der Waals surface area contributed by atoms with Crippen molar-refractivity contribution in [2.45, 2.75) is 58.0 Å². The van der Waals surface area contributed by atoms with Crippen LogP contribution in [0, 0.1) is 0 Å². The van der Waals surface area contributed by atoms with Gasteiger partial charge in [0, 0.05) is 12.5 Å². The molecule has 5 nitrogen and oxygen atoms in total. The summed E-state index contributed by atoms with van der Waals surface area (Å²) in [4.78, 5) is 6.88. The van der Waals surface area contributed by atoms with Crippen LogP contribution in [0.1, 0.15) is 50.7 Å². The quantitative estimate of drug-likeness (QED) is 0.869. The van der Waals surface area contributed by atoms with Gasteiger partial charge in [-0.3, -0.25) is 4.90 Å². The van der Waals surface area contributed by atoms with Crippen molar-refractivity contribution < 1.29 is 4.52 Å². The lowest BCUT2D eigenvalue weighted by Crippen LogP contribution is -2.40. The number of rotatable bonds is 6. The number of hydrogen-bond acceptors (Lipinski definition) is 5. The summed E-state index contributed by atoms with van der Waals surface area (Å²) < 4.78 is 5.31. The molecule has 0 aliphatic carbocycles. The lowest BCUT2D eigenvalue weighted by atomic mass is 9.99. The lowest BCUT2D eigenvalue weighted by molar-refractivity contribution is 0.118. The average Bonchev–Trinajstić information content (AvgIpc) is 2.80. The maximum absolute atomic E-state index is 5.68. The molecule has 1 unspecified atom stereocenters. The second-order valence-electron chi connectivity index (χ2n) is 5.05. The summed E-state index contributed by atoms with van der Waals surface area (Å²) in [6.45, 7) is 4.78. The largest absolute Gasteiger partial charge is 0.338 e. The first kappa shape index (κ1) is 16.4. The lowest BCUT2D eigenvalue weighted by Gasteiger charge is -2.34. The van der Waals surface area contributed by atoms with Crippen LogP contribution in [0.3, 0.4) is 0 Å². The third kappa shape index (κ3) is 4.75. The second-order valence-corrected chi connectivity index (χ2v) is 5.05.